The van der Waals surface area contributed by atoms with Gasteiger partial charge in [0.15, 0.2) is 0 Å². The average Bonchev–Trinajstić information content (AvgIpc) is 2.63. The first-order valence-corrected chi connectivity index (χ1v) is 8.55. The molecule has 0 bridgehead atoms. The number of amides is 1. The molecule has 0 fully saturated rings. The van der Waals surface area contributed by atoms with Gasteiger partial charge >= 0.3 is 11.1 Å². The van der Waals surface area contributed by atoms with Gasteiger partial charge in [0.2, 0.25) is 0 Å². The molecule has 2 aromatic carbocycles. The lowest BCUT2D eigenvalue weighted by molar-refractivity contribution is 0.0940. The van der Waals surface area contributed by atoms with Crippen LogP contribution in [-0.2, 0) is 6.54 Å². The van der Waals surface area contributed by atoms with E-state index in [1.54, 1.807) is 25.1 Å². The Balaban J connectivity index is 1.91. The lowest BCUT2D eigenvalue weighted by Crippen LogP contribution is -2.36. The third-order valence-corrected chi connectivity index (χ3v) is 4.48. The molecule has 1 aromatic heterocycles. The van der Waals surface area contributed by atoms with Crippen molar-refractivity contribution in [3.8, 4) is 0 Å². The smallest absolute Gasteiger partial charge is 0.316 e. The van der Waals surface area contributed by atoms with Crippen LogP contribution in [0, 0.1) is 6.92 Å². The number of carbonyl (C=O) groups is 1. The van der Waals surface area contributed by atoms with E-state index in [0.29, 0.717) is 23.1 Å². The zero-order valence-electron chi connectivity index (χ0n) is 15.0. The average molecular weight is 351 g/mol. The van der Waals surface area contributed by atoms with Gasteiger partial charge in [-0.25, -0.2) is 0 Å². The van der Waals surface area contributed by atoms with Crippen LogP contribution < -0.4 is 16.4 Å². The fourth-order valence-corrected chi connectivity index (χ4v) is 2.95. The van der Waals surface area contributed by atoms with E-state index in [0.717, 1.165) is 11.1 Å². The van der Waals surface area contributed by atoms with Crippen molar-refractivity contribution in [3.63, 3.8) is 0 Å². The van der Waals surface area contributed by atoms with Crippen molar-refractivity contribution >= 4 is 16.9 Å². The van der Waals surface area contributed by atoms with Crippen molar-refractivity contribution in [3.05, 3.63) is 79.9 Å². The molecule has 0 radical (unpaired) electrons. The quantitative estimate of drug-likeness (QED) is 0.709. The summed E-state index contributed by atoms with van der Waals surface area (Å²) in [5.41, 5.74) is 2.38. The van der Waals surface area contributed by atoms with Crippen LogP contribution in [0.5, 0.6) is 0 Å². The lowest BCUT2D eigenvalue weighted by Gasteiger charge is -2.15. The van der Waals surface area contributed by atoms with E-state index in [4.69, 9.17) is 0 Å². The van der Waals surface area contributed by atoms with Crippen LogP contribution >= 0.6 is 0 Å². The molecule has 0 aliphatic carbocycles. The summed E-state index contributed by atoms with van der Waals surface area (Å²) in [6.07, 6.45) is 0. The highest BCUT2D eigenvalue weighted by Crippen LogP contribution is 2.16. The van der Waals surface area contributed by atoms with E-state index < -0.39 is 11.1 Å². The summed E-state index contributed by atoms with van der Waals surface area (Å²) >= 11 is 0. The van der Waals surface area contributed by atoms with Crippen LogP contribution in [0.25, 0.3) is 11.0 Å². The summed E-state index contributed by atoms with van der Waals surface area (Å²) in [6.45, 7) is 6.11. The number of rotatable bonds is 4. The second-order valence-corrected chi connectivity index (χ2v) is 6.34. The van der Waals surface area contributed by atoms with Crippen molar-refractivity contribution in [2.24, 2.45) is 0 Å². The topological polar surface area (TPSA) is 84.0 Å². The normalized spacial score (nSPS) is 12.1. The van der Waals surface area contributed by atoms with Crippen LogP contribution in [0.2, 0.25) is 0 Å². The fourth-order valence-electron chi connectivity index (χ4n) is 2.95. The SMILES string of the molecule is CCn1c(=O)c(=O)[nH]c2cc(C(=O)NC(C)c3ccc(C)cc3)ccc21. The molecule has 26 heavy (non-hydrogen) atoms. The number of nitrogens with zero attached hydrogens (tertiary/aromatic N) is 1. The largest absolute Gasteiger partial charge is 0.346 e. The standard InChI is InChI=1S/C20H21N3O3/c1-4-23-17-10-9-15(11-16(17)22-19(25)20(23)26)18(24)21-13(3)14-7-5-12(2)6-8-14/h5-11,13H,4H2,1-3H3,(H,21,24)(H,22,25). The maximum Gasteiger partial charge on any atom is 0.316 e. The van der Waals surface area contributed by atoms with Gasteiger partial charge in [0.1, 0.15) is 0 Å². The van der Waals surface area contributed by atoms with Gasteiger partial charge < -0.3 is 14.9 Å². The van der Waals surface area contributed by atoms with Crippen molar-refractivity contribution in [1.29, 1.82) is 0 Å². The number of aryl methyl sites for hydroxylation is 2. The molecule has 0 spiro atoms. The zero-order chi connectivity index (χ0) is 18.8. The highest BCUT2D eigenvalue weighted by molar-refractivity contribution is 5.97. The molecule has 2 N–H and O–H groups in total. The Morgan fingerprint density at radius 1 is 1.15 bits per heavy atom. The molecule has 1 amide bonds. The Morgan fingerprint density at radius 3 is 2.50 bits per heavy atom. The molecule has 1 unspecified atom stereocenters. The van der Waals surface area contributed by atoms with Gasteiger partial charge in [-0.3, -0.25) is 14.4 Å². The summed E-state index contributed by atoms with van der Waals surface area (Å²) in [5.74, 6) is -0.241. The molecular formula is C20H21N3O3. The highest BCUT2D eigenvalue weighted by atomic mass is 16.2. The molecule has 0 aliphatic heterocycles. The van der Waals surface area contributed by atoms with Crippen molar-refractivity contribution in [2.45, 2.75) is 33.4 Å². The van der Waals surface area contributed by atoms with Crippen molar-refractivity contribution in [2.75, 3.05) is 0 Å². The predicted octanol–water partition coefficient (Wildman–Crippen LogP) is 2.51. The number of carbonyl (C=O) groups excluding carboxylic acids is 1. The Morgan fingerprint density at radius 2 is 1.85 bits per heavy atom. The number of hydrogen-bond donors (Lipinski definition) is 2. The van der Waals surface area contributed by atoms with Gasteiger partial charge in [0, 0.05) is 12.1 Å². The highest BCUT2D eigenvalue weighted by Gasteiger charge is 2.13. The molecule has 6 nitrogen and oxygen atoms in total. The Kier molecular flexibility index (Phi) is 4.75. The minimum Gasteiger partial charge on any atom is -0.346 e. The maximum atomic E-state index is 12.6. The van der Waals surface area contributed by atoms with Gasteiger partial charge in [0.05, 0.1) is 17.1 Å². The Labute approximate surface area is 150 Å². The number of benzene rings is 2. The maximum absolute atomic E-state index is 12.6. The zero-order valence-corrected chi connectivity index (χ0v) is 15.0. The first-order chi connectivity index (χ1) is 12.4. The molecule has 0 saturated heterocycles. The molecule has 3 aromatic rings. The second kappa shape index (κ2) is 7.00. The van der Waals surface area contributed by atoms with E-state index >= 15 is 0 Å². The van der Waals surface area contributed by atoms with Crippen LogP contribution in [0.15, 0.2) is 52.1 Å². The van der Waals surface area contributed by atoms with Crippen molar-refractivity contribution < 1.29 is 4.79 Å². The van der Waals surface area contributed by atoms with E-state index in [1.165, 1.54) is 4.57 Å². The molecule has 134 valence electrons. The van der Waals surface area contributed by atoms with E-state index in [1.807, 2.05) is 38.1 Å². The van der Waals surface area contributed by atoms with Gasteiger partial charge in [-0.2, -0.15) is 0 Å². The predicted molar refractivity (Wildman–Crippen MR) is 102 cm³/mol. The van der Waals surface area contributed by atoms with Crippen molar-refractivity contribution in [1.82, 2.24) is 14.9 Å². The fraction of sp³-hybridized carbons (Fsp3) is 0.250. The van der Waals surface area contributed by atoms with Gasteiger partial charge in [-0.05, 0) is 44.5 Å². The molecule has 0 saturated carbocycles. The van der Waals surface area contributed by atoms with E-state index in [9.17, 15) is 14.4 Å². The summed E-state index contributed by atoms with van der Waals surface area (Å²) < 4.78 is 1.39. The summed E-state index contributed by atoms with van der Waals surface area (Å²) in [6, 6.07) is 12.8. The summed E-state index contributed by atoms with van der Waals surface area (Å²) in [4.78, 5) is 38.8. The molecule has 3 rings (SSSR count). The third kappa shape index (κ3) is 3.31. The van der Waals surface area contributed by atoms with Gasteiger partial charge in [-0.1, -0.05) is 29.8 Å². The number of aromatic amines is 1. The first-order valence-electron chi connectivity index (χ1n) is 8.55. The Bertz CT molecular complexity index is 1080. The molecule has 6 heteroatoms. The monoisotopic (exact) mass is 351 g/mol. The summed E-state index contributed by atoms with van der Waals surface area (Å²) in [7, 11) is 0. The minimum atomic E-state index is -0.690. The number of fused-ring (bicyclic) bond motifs is 1. The number of hydrogen-bond acceptors (Lipinski definition) is 3. The molecule has 1 heterocycles. The molecule has 1 atom stereocenters. The van der Waals surface area contributed by atoms with E-state index in [-0.39, 0.29) is 11.9 Å². The van der Waals surface area contributed by atoms with Crippen LogP contribution in [0.1, 0.15) is 41.4 Å². The van der Waals surface area contributed by atoms with Gasteiger partial charge in [-0.15, -0.1) is 0 Å². The first kappa shape index (κ1) is 17.7. The minimum absolute atomic E-state index is 0.151. The molecular weight excluding hydrogens is 330 g/mol. The Hall–Kier alpha value is -3.15. The van der Waals surface area contributed by atoms with E-state index in [2.05, 4.69) is 10.3 Å². The van der Waals surface area contributed by atoms with Crippen LogP contribution in [0.3, 0.4) is 0 Å². The lowest BCUT2D eigenvalue weighted by atomic mass is 10.1. The second-order valence-electron chi connectivity index (χ2n) is 6.34. The number of aromatic nitrogens is 2. The van der Waals surface area contributed by atoms with Gasteiger partial charge in [0.25, 0.3) is 5.91 Å². The van der Waals surface area contributed by atoms with Crippen LogP contribution in [-0.4, -0.2) is 15.5 Å². The third-order valence-electron chi connectivity index (χ3n) is 4.48. The summed E-state index contributed by atoms with van der Waals surface area (Å²) in [5, 5.41) is 2.95. The number of nitrogens with one attached hydrogen (secondary N) is 2. The van der Waals surface area contributed by atoms with Crippen LogP contribution in [0.4, 0.5) is 0 Å². The molecule has 0 aliphatic rings. The number of H-pyrrole nitrogens is 1.